The van der Waals surface area contributed by atoms with Crippen molar-refractivity contribution in [2.75, 3.05) is 26.4 Å². The molecular formula is C48H46Cl4N6O4Si. The molecule has 15 heteroatoms. The van der Waals surface area contributed by atoms with Crippen molar-refractivity contribution in [3.8, 4) is 33.4 Å². The van der Waals surface area contributed by atoms with Gasteiger partial charge in [-0.3, -0.25) is 0 Å². The van der Waals surface area contributed by atoms with Gasteiger partial charge in [0.1, 0.15) is 0 Å². The molecule has 2 amide bonds. The third-order valence-corrected chi connectivity index (χ3v) is 15.1. The van der Waals surface area contributed by atoms with E-state index in [2.05, 4.69) is 25.6 Å². The van der Waals surface area contributed by atoms with E-state index in [1.54, 1.807) is 0 Å². The second kappa shape index (κ2) is 19.8. The molecule has 0 fully saturated rings. The molecule has 4 aromatic heterocycles. The number of nitrogens with one attached hydrogen (secondary N) is 5. The molecule has 0 unspecified atom stereocenters. The summed E-state index contributed by atoms with van der Waals surface area (Å²) in [6.45, 7) is 8.11. The van der Waals surface area contributed by atoms with E-state index in [4.69, 9.17) is 64.7 Å². The fourth-order valence-electron chi connectivity index (χ4n) is 8.00. The number of H-pyrrole nitrogens is 3. The number of benzene rings is 3. The van der Waals surface area contributed by atoms with E-state index < -0.39 is 8.80 Å². The molecule has 1 aliphatic rings. The molecule has 8 rings (SSSR count). The highest BCUT2D eigenvalue weighted by Crippen LogP contribution is 2.42. The lowest BCUT2D eigenvalue weighted by molar-refractivity contribution is 0.0708. The smallest absolute Gasteiger partial charge is 0.374 e. The molecule has 0 atom stereocenters. The van der Waals surface area contributed by atoms with Crippen LogP contribution in [0.2, 0.25) is 26.1 Å². The van der Waals surface area contributed by atoms with Crippen LogP contribution in [0, 0.1) is 0 Å². The van der Waals surface area contributed by atoms with Crippen LogP contribution < -0.4 is 10.6 Å². The number of carbonyl (C=O) groups is 1. The molecule has 0 aliphatic carbocycles. The van der Waals surface area contributed by atoms with E-state index in [0.717, 1.165) is 66.6 Å². The first kappa shape index (κ1) is 44.5. The molecule has 5 N–H and O–H groups in total. The number of hydrogen-bond acceptors (Lipinski definition) is 5. The van der Waals surface area contributed by atoms with Crippen LogP contribution in [0.25, 0.3) is 78.6 Å². The maximum Gasteiger partial charge on any atom is 0.500 e. The van der Waals surface area contributed by atoms with Gasteiger partial charge in [-0.05, 0) is 111 Å². The molecule has 1 aliphatic heterocycles. The number of urea groups is 1. The minimum Gasteiger partial charge on any atom is -0.374 e. The number of aromatic nitrogens is 4. The Hall–Kier alpha value is -5.08. The van der Waals surface area contributed by atoms with Gasteiger partial charge in [-0.25, -0.2) is 9.78 Å². The SMILES string of the molecule is CCO[Si](CCCNC(=O)NCc1ccc(-c2c3nc(c(-c4c(Cl)cccc4Cl)c4ccc([nH]4)c4ccc([nH]4)c(-c4c(Cl)cccc4Cl)c4ccc2[nH]4)C=C3)cc1)(OCC)OCC. The quantitative estimate of drug-likeness (QED) is 0.0516. The summed E-state index contributed by atoms with van der Waals surface area (Å²) in [6.07, 6.45) is 4.65. The largest absolute Gasteiger partial charge is 0.500 e. The number of rotatable bonds is 15. The first-order valence-corrected chi connectivity index (χ1v) is 24.3. The van der Waals surface area contributed by atoms with Crippen LogP contribution in [-0.2, 0) is 19.8 Å². The molecule has 0 saturated carbocycles. The molecule has 324 valence electrons. The van der Waals surface area contributed by atoms with Crippen molar-refractivity contribution >= 4 is 106 Å². The van der Waals surface area contributed by atoms with Crippen LogP contribution in [0.4, 0.5) is 4.79 Å². The maximum atomic E-state index is 12.9. The van der Waals surface area contributed by atoms with Crippen molar-refractivity contribution in [2.24, 2.45) is 0 Å². The van der Waals surface area contributed by atoms with Gasteiger partial charge in [0.05, 0.1) is 42.5 Å². The fraction of sp³-hybridized carbons (Fsp3) is 0.208. The number of amides is 2. The van der Waals surface area contributed by atoms with Crippen LogP contribution in [0.15, 0.2) is 97.1 Å². The normalized spacial score (nSPS) is 12.0. The predicted molar refractivity (Wildman–Crippen MR) is 262 cm³/mol. The average Bonchev–Trinajstić information content (AvgIpc) is 4.11. The van der Waals surface area contributed by atoms with Crippen LogP contribution in [0.3, 0.4) is 0 Å². The highest BCUT2D eigenvalue weighted by atomic mass is 35.5. The first-order valence-electron chi connectivity index (χ1n) is 20.9. The van der Waals surface area contributed by atoms with Gasteiger partial charge in [0.2, 0.25) is 0 Å². The highest BCUT2D eigenvalue weighted by molar-refractivity contribution is 6.60. The molecule has 63 heavy (non-hydrogen) atoms. The molecule has 8 bridgehead atoms. The molecule has 0 spiro atoms. The van der Waals surface area contributed by atoms with Crippen LogP contribution >= 0.6 is 46.4 Å². The van der Waals surface area contributed by atoms with E-state index in [1.165, 1.54) is 0 Å². The Morgan fingerprint density at radius 1 is 0.556 bits per heavy atom. The van der Waals surface area contributed by atoms with Crippen molar-refractivity contribution in [1.82, 2.24) is 30.6 Å². The first-order chi connectivity index (χ1) is 30.6. The van der Waals surface area contributed by atoms with Gasteiger partial charge < -0.3 is 38.9 Å². The number of fused-ring (bicyclic) bond motifs is 9. The third kappa shape index (κ3) is 9.57. The Kier molecular flexibility index (Phi) is 14.0. The molecule has 3 aromatic carbocycles. The van der Waals surface area contributed by atoms with E-state index in [0.29, 0.717) is 82.3 Å². The molecule has 5 heterocycles. The lowest BCUT2D eigenvalue weighted by Gasteiger charge is -2.28. The average molecular weight is 941 g/mol. The predicted octanol–water partition coefficient (Wildman–Crippen LogP) is 13.5. The fourth-order valence-corrected chi connectivity index (χ4v) is 11.8. The summed E-state index contributed by atoms with van der Waals surface area (Å²) in [6, 6.07) is 31.5. The second-order valence-corrected chi connectivity index (χ2v) is 19.1. The van der Waals surface area contributed by atoms with Crippen LogP contribution in [-0.4, -0.2) is 61.1 Å². The van der Waals surface area contributed by atoms with Crippen molar-refractivity contribution in [3.63, 3.8) is 0 Å². The minimum absolute atomic E-state index is 0.265. The van der Waals surface area contributed by atoms with Crippen molar-refractivity contribution in [1.29, 1.82) is 0 Å². The number of carbonyl (C=O) groups excluding carboxylic acids is 1. The minimum atomic E-state index is -2.78. The Labute approximate surface area is 386 Å². The Morgan fingerprint density at radius 2 is 1.00 bits per heavy atom. The topological polar surface area (TPSA) is 129 Å². The second-order valence-electron chi connectivity index (χ2n) is 14.8. The number of hydrogen-bond donors (Lipinski definition) is 5. The van der Waals surface area contributed by atoms with Gasteiger partial charge in [0.25, 0.3) is 0 Å². The lowest BCUT2D eigenvalue weighted by Crippen LogP contribution is -2.46. The molecule has 10 nitrogen and oxygen atoms in total. The molecule has 0 radical (unpaired) electrons. The summed E-state index contributed by atoms with van der Waals surface area (Å²) in [5.74, 6) is 0. The van der Waals surface area contributed by atoms with Gasteiger partial charge in [-0.2, -0.15) is 0 Å². The molecule has 0 saturated heterocycles. The van der Waals surface area contributed by atoms with Gasteiger partial charge in [-0.15, -0.1) is 0 Å². The Morgan fingerprint density at radius 3 is 1.52 bits per heavy atom. The van der Waals surface area contributed by atoms with E-state index >= 15 is 0 Å². The zero-order valence-corrected chi connectivity index (χ0v) is 39.0. The number of aromatic amines is 3. The zero-order chi connectivity index (χ0) is 44.1. The van der Waals surface area contributed by atoms with Gasteiger partial charge in [0, 0.05) is 88.8 Å². The summed E-state index contributed by atoms with van der Waals surface area (Å²) in [5, 5.41) is 7.96. The summed E-state index contributed by atoms with van der Waals surface area (Å²) >= 11 is 27.7. The van der Waals surface area contributed by atoms with Crippen LogP contribution in [0.1, 0.15) is 44.1 Å². The Balaban J connectivity index is 1.20. The van der Waals surface area contributed by atoms with Crippen molar-refractivity contribution < 1.29 is 18.1 Å². The summed E-state index contributed by atoms with van der Waals surface area (Å²) < 4.78 is 17.8. The maximum absolute atomic E-state index is 12.9. The van der Waals surface area contributed by atoms with Crippen LogP contribution in [0.5, 0.6) is 0 Å². The standard InChI is InChI=1S/C48H46Cl4N6O4Si/c1-4-60-63(61-5-2,62-6-3)27-9-26-53-48(59)54-28-29-14-16-30(17-15-29)43-37-22-24-41(57-37)46(44-31(49)10-7-11-32(44)50)39-20-18-35(55-39)36-19-21-40(56-36)47(42-25-23-38(43)58-42)45-33(51)12-8-13-34(45)52/h7-8,10-25,55-57H,4-6,9,26-28H2,1-3H3,(H2,53,54,59). The summed E-state index contributed by atoms with van der Waals surface area (Å²) in [7, 11) is -2.78. The number of nitrogens with zero attached hydrogens (tertiary/aromatic N) is 1. The third-order valence-electron chi connectivity index (χ3n) is 10.7. The van der Waals surface area contributed by atoms with Gasteiger partial charge in [-0.1, -0.05) is 82.8 Å². The van der Waals surface area contributed by atoms with E-state index in [9.17, 15) is 4.79 Å². The van der Waals surface area contributed by atoms with Crippen molar-refractivity contribution in [2.45, 2.75) is 39.8 Å². The summed E-state index contributed by atoms with van der Waals surface area (Å²) in [5.41, 5.74) is 11.9. The van der Waals surface area contributed by atoms with Gasteiger partial charge in [0.15, 0.2) is 0 Å². The lowest BCUT2D eigenvalue weighted by atomic mass is 10.0. The van der Waals surface area contributed by atoms with Gasteiger partial charge >= 0.3 is 14.8 Å². The number of halogens is 4. The van der Waals surface area contributed by atoms with Crippen molar-refractivity contribution in [3.05, 3.63) is 134 Å². The summed E-state index contributed by atoms with van der Waals surface area (Å²) in [4.78, 5) is 29.1. The molecule has 7 aromatic rings. The Bertz CT molecular complexity index is 2890. The van der Waals surface area contributed by atoms with E-state index in [-0.39, 0.29) is 6.03 Å². The zero-order valence-electron chi connectivity index (χ0n) is 34.9. The molecular weight excluding hydrogens is 894 g/mol. The highest BCUT2D eigenvalue weighted by Gasteiger charge is 2.39. The monoisotopic (exact) mass is 938 g/mol. The van der Waals surface area contributed by atoms with E-state index in [1.807, 2.05) is 130 Å².